The molecule has 3 nitrogen and oxygen atoms in total. The minimum absolute atomic E-state index is 0.442. The molecule has 0 saturated heterocycles. The van der Waals surface area contributed by atoms with E-state index in [0.29, 0.717) is 11.4 Å². The molecule has 1 atom stereocenters. The van der Waals surface area contributed by atoms with Crippen LogP contribution in [-0.4, -0.2) is 9.19 Å². The second kappa shape index (κ2) is 5.66. The quantitative estimate of drug-likeness (QED) is 0.753. The molecule has 4 heteroatoms. The van der Waals surface area contributed by atoms with Gasteiger partial charge in [-0.3, -0.25) is 9.19 Å². The van der Waals surface area contributed by atoms with Gasteiger partial charge in [-0.25, -0.2) is 0 Å². The Kier molecular flexibility index (Phi) is 3.71. The molecule has 1 unspecified atom stereocenters. The molecule has 0 spiro atoms. The molecule has 106 valence electrons. The van der Waals surface area contributed by atoms with Crippen molar-refractivity contribution in [2.75, 3.05) is 5.73 Å². The summed E-state index contributed by atoms with van der Waals surface area (Å²) in [7, 11) is -1.09. The maximum Gasteiger partial charge on any atom is 0.0764 e. The molecule has 0 saturated carbocycles. The summed E-state index contributed by atoms with van der Waals surface area (Å²) in [5.41, 5.74) is 9.57. The highest BCUT2D eigenvalue weighted by Crippen LogP contribution is 2.24. The molecule has 2 aromatic carbocycles. The Morgan fingerprint density at radius 3 is 2.81 bits per heavy atom. The summed E-state index contributed by atoms with van der Waals surface area (Å²) in [4.78, 5) is 5.24. The van der Waals surface area contributed by atoms with E-state index in [9.17, 15) is 4.21 Å². The van der Waals surface area contributed by atoms with Crippen molar-refractivity contribution in [1.29, 1.82) is 0 Å². The van der Waals surface area contributed by atoms with Crippen molar-refractivity contribution in [2.24, 2.45) is 0 Å². The Hall–Kier alpha value is -2.20. The van der Waals surface area contributed by atoms with Gasteiger partial charge in [-0.2, -0.15) is 0 Å². The fourth-order valence-corrected chi connectivity index (χ4v) is 3.58. The summed E-state index contributed by atoms with van der Waals surface area (Å²) in [5.74, 6) is 0.442. The van der Waals surface area contributed by atoms with Gasteiger partial charge >= 0.3 is 0 Å². The van der Waals surface area contributed by atoms with Crippen LogP contribution in [0.1, 0.15) is 11.1 Å². The van der Waals surface area contributed by atoms with E-state index in [4.69, 9.17) is 5.73 Å². The highest BCUT2D eigenvalue weighted by Gasteiger charge is 2.10. The van der Waals surface area contributed by atoms with Crippen LogP contribution in [0.2, 0.25) is 0 Å². The SMILES string of the molecule is Cc1cccc(S(=O)Cc2ccc(N)c3cccnc23)c1. The fraction of sp³-hybridized carbons (Fsp3) is 0.118. The van der Waals surface area contributed by atoms with E-state index in [-0.39, 0.29) is 0 Å². The van der Waals surface area contributed by atoms with Gasteiger partial charge in [-0.1, -0.05) is 18.2 Å². The zero-order valence-corrected chi connectivity index (χ0v) is 12.6. The number of aromatic nitrogens is 1. The van der Waals surface area contributed by atoms with Gasteiger partial charge in [-0.05, 0) is 48.4 Å². The number of pyridine rings is 1. The molecule has 0 bridgehead atoms. The lowest BCUT2D eigenvalue weighted by molar-refractivity contribution is 0.682. The number of hydrogen-bond donors (Lipinski definition) is 1. The van der Waals surface area contributed by atoms with Crippen molar-refractivity contribution < 1.29 is 4.21 Å². The molecule has 0 aliphatic rings. The number of nitrogens with zero attached hydrogens (tertiary/aromatic N) is 1. The molecule has 1 aromatic heterocycles. The maximum absolute atomic E-state index is 12.5. The number of nitrogen functional groups attached to an aromatic ring is 1. The van der Waals surface area contributed by atoms with Gasteiger partial charge in [-0.15, -0.1) is 0 Å². The number of aryl methyl sites for hydroxylation is 1. The largest absolute Gasteiger partial charge is 0.398 e. The third-order valence-corrected chi connectivity index (χ3v) is 4.78. The van der Waals surface area contributed by atoms with Crippen LogP contribution in [0.3, 0.4) is 0 Å². The molecular weight excluding hydrogens is 280 g/mol. The van der Waals surface area contributed by atoms with Crippen LogP contribution < -0.4 is 5.73 Å². The van der Waals surface area contributed by atoms with Crippen molar-refractivity contribution in [3.63, 3.8) is 0 Å². The monoisotopic (exact) mass is 296 g/mol. The normalized spacial score (nSPS) is 12.4. The summed E-state index contributed by atoms with van der Waals surface area (Å²) in [6.07, 6.45) is 1.74. The summed E-state index contributed by atoms with van der Waals surface area (Å²) in [6.45, 7) is 2.00. The molecule has 21 heavy (non-hydrogen) atoms. The van der Waals surface area contributed by atoms with Gasteiger partial charge in [0.1, 0.15) is 0 Å². The first-order valence-electron chi connectivity index (χ1n) is 6.72. The van der Waals surface area contributed by atoms with Crippen LogP contribution in [-0.2, 0) is 16.6 Å². The number of hydrogen-bond acceptors (Lipinski definition) is 3. The minimum atomic E-state index is -1.09. The van der Waals surface area contributed by atoms with Crippen molar-refractivity contribution >= 4 is 27.4 Å². The predicted octanol–water partition coefficient (Wildman–Crippen LogP) is 3.43. The van der Waals surface area contributed by atoms with E-state index in [1.54, 1.807) is 6.20 Å². The molecule has 3 aromatic rings. The van der Waals surface area contributed by atoms with Crippen molar-refractivity contribution in [3.05, 3.63) is 65.9 Å². The first-order chi connectivity index (χ1) is 10.1. The predicted molar refractivity (Wildman–Crippen MR) is 87.4 cm³/mol. The molecule has 2 N–H and O–H groups in total. The zero-order chi connectivity index (χ0) is 14.8. The molecule has 0 fully saturated rings. The summed E-state index contributed by atoms with van der Waals surface area (Å²) < 4.78 is 12.5. The second-order valence-electron chi connectivity index (χ2n) is 5.02. The van der Waals surface area contributed by atoms with Crippen LogP contribution in [0.5, 0.6) is 0 Å². The average molecular weight is 296 g/mol. The van der Waals surface area contributed by atoms with Crippen LogP contribution in [0, 0.1) is 6.92 Å². The second-order valence-corrected chi connectivity index (χ2v) is 6.47. The first kappa shape index (κ1) is 13.8. The van der Waals surface area contributed by atoms with Gasteiger partial charge in [0.25, 0.3) is 0 Å². The molecule has 0 amide bonds. The number of anilines is 1. The standard InChI is InChI=1S/C17H16N2OS/c1-12-4-2-5-14(10-12)21(20)11-13-7-8-16(18)15-6-3-9-19-17(13)15/h2-10H,11,18H2,1H3. The number of nitrogens with two attached hydrogens (primary N) is 1. The van der Waals surface area contributed by atoms with E-state index in [1.807, 2.05) is 55.5 Å². The smallest absolute Gasteiger partial charge is 0.0764 e. The maximum atomic E-state index is 12.5. The highest BCUT2D eigenvalue weighted by molar-refractivity contribution is 7.84. The third-order valence-electron chi connectivity index (χ3n) is 3.43. The molecule has 1 heterocycles. The summed E-state index contributed by atoms with van der Waals surface area (Å²) in [6, 6.07) is 15.4. The molecule has 0 aliphatic carbocycles. The average Bonchev–Trinajstić information content (AvgIpc) is 2.50. The van der Waals surface area contributed by atoms with Gasteiger partial charge in [0.15, 0.2) is 0 Å². The third kappa shape index (κ3) is 2.81. The number of benzene rings is 2. The lowest BCUT2D eigenvalue weighted by atomic mass is 10.1. The van der Waals surface area contributed by atoms with Gasteiger partial charge < -0.3 is 5.73 Å². The van der Waals surface area contributed by atoms with Crippen molar-refractivity contribution in [3.8, 4) is 0 Å². The lowest BCUT2D eigenvalue weighted by Crippen LogP contribution is -2.00. The van der Waals surface area contributed by atoms with E-state index >= 15 is 0 Å². The van der Waals surface area contributed by atoms with Gasteiger partial charge in [0.05, 0.1) is 22.1 Å². The Balaban J connectivity index is 1.99. The topological polar surface area (TPSA) is 56.0 Å². The fourth-order valence-electron chi connectivity index (χ4n) is 2.35. The Bertz CT molecular complexity index is 830. The Morgan fingerprint density at radius 2 is 2.00 bits per heavy atom. The Labute approximate surface area is 126 Å². The highest BCUT2D eigenvalue weighted by atomic mass is 32.2. The molecule has 3 rings (SSSR count). The van der Waals surface area contributed by atoms with Crippen LogP contribution >= 0.6 is 0 Å². The minimum Gasteiger partial charge on any atom is -0.398 e. The Morgan fingerprint density at radius 1 is 1.14 bits per heavy atom. The zero-order valence-electron chi connectivity index (χ0n) is 11.7. The van der Waals surface area contributed by atoms with E-state index < -0.39 is 10.8 Å². The van der Waals surface area contributed by atoms with Crippen molar-refractivity contribution in [1.82, 2.24) is 4.98 Å². The van der Waals surface area contributed by atoms with E-state index in [1.165, 1.54) is 0 Å². The lowest BCUT2D eigenvalue weighted by Gasteiger charge is -2.08. The molecular formula is C17H16N2OS. The van der Waals surface area contributed by atoms with Gasteiger partial charge in [0, 0.05) is 22.2 Å². The summed E-state index contributed by atoms with van der Waals surface area (Å²) in [5, 5.41) is 0.913. The van der Waals surface area contributed by atoms with Gasteiger partial charge in [0.2, 0.25) is 0 Å². The first-order valence-corrected chi connectivity index (χ1v) is 8.04. The van der Waals surface area contributed by atoms with Crippen LogP contribution in [0.15, 0.2) is 59.6 Å². The number of fused-ring (bicyclic) bond motifs is 1. The van der Waals surface area contributed by atoms with Crippen LogP contribution in [0.25, 0.3) is 10.9 Å². The van der Waals surface area contributed by atoms with E-state index in [0.717, 1.165) is 26.9 Å². The summed E-state index contributed by atoms with van der Waals surface area (Å²) >= 11 is 0. The molecule has 0 aliphatic heterocycles. The van der Waals surface area contributed by atoms with Crippen molar-refractivity contribution in [2.45, 2.75) is 17.6 Å². The van der Waals surface area contributed by atoms with Crippen LogP contribution in [0.4, 0.5) is 5.69 Å². The number of rotatable bonds is 3. The van der Waals surface area contributed by atoms with E-state index in [2.05, 4.69) is 4.98 Å². The molecule has 0 radical (unpaired) electrons.